The minimum atomic E-state index is -0.407. The van der Waals surface area contributed by atoms with Crippen LogP contribution in [0.4, 0.5) is 0 Å². The highest BCUT2D eigenvalue weighted by Crippen LogP contribution is 2.25. The predicted octanol–water partition coefficient (Wildman–Crippen LogP) is 3.38. The number of amides is 1. The summed E-state index contributed by atoms with van der Waals surface area (Å²) in [5, 5.41) is 4.11. The van der Waals surface area contributed by atoms with E-state index in [2.05, 4.69) is 20.0 Å². The number of H-pyrrole nitrogens is 1. The maximum absolute atomic E-state index is 13.2. The second-order valence-electron chi connectivity index (χ2n) is 8.17. The Hall–Kier alpha value is -3.46. The summed E-state index contributed by atoms with van der Waals surface area (Å²) in [6, 6.07) is 9.66. The van der Waals surface area contributed by atoms with Crippen molar-refractivity contribution in [3.63, 3.8) is 0 Å². The molecule has 2 aromatic heterocycles. The number of ether oxygens (including phenoxy) is 1. The van der Waals surface area contributed by atoms with Crippen LogP contribution in [0.15, 0.2) is 34.9 Å². The SMILES string of the molecule is CCOC(=O)c1c(C)[nH]c(C(=O)N2CCN(C(C)c3nc(-c4ccccc4)no3)CC2)c1C. The summed E-state index contributed by atoms with van der Waals surface area (Å²) in [5.41, 5.74) is 3.08. The predicted molar refractivity (Wildman–Crippen MR) is 122 cm³/mol. The molecule has 1 amide bonds. The average Bonchev–Trinajstić information content (AvgIpc) is 3.44. The second-order valence-corrected chi connectivity index (χ2v) is 8.17. The van der Waals surface area contributed by atoms with Gasteiger partial charge in [-0.2, -0.15) is 4.98 Å². The molecule has 1 aliphatic rings. The zero-order chi connectivity index (χ0) is 23.5. The fourth-order valence-electron chi connectivity index (χ4n) is 4.21. The van der Waals surface area contributed by atoms with Gasteiger partial charge in [-0.05, 0) is 33.3 Å². The lowest BCUT2D eigenvalue weighted by Gasteiger charge is -2.36. The second kappa shape index (κ2) is 9.58. The number of hydrogen-bond acceptors (Lipinski definition) is 7. The van der Waals surface area contributed by atoms with Crippen LogP contribution >= 0.6 is 0 Å². The van der Waals surface area contributed by atoms with Crippen molar-refractivity contribution in [3.8, 4) is 11.4 Å². The highest BCUT2D eigenvalue weighted by Gasteiger charge is 2.31. The zero-order valence-corrected chi connectivity index (χ0v) is 19.4. The van der Waals surface area contributed by atoms with Crippen molar-refractivity contribution < 1.29 is 18.8 Å². The summed E-state index contributed by atoms with van der Waals surface area (Å²) >= 11 is 0. The van der Waals surface area contributed by atoms with Crippen molar-refractivity contribution in [1.29, 1.82) is 0 Å². The molecule has 4 rings (SSSR count). The van der Waals surface area contributed by atoms with Gasteiger partial charge in [0, 0.05) is 37.4 Å². The molecular weight excluding hydrogens is 422 g/mol. The Bertz CT molecular complexity index is 1130. The van der Waals surface area contributed by atoms with Crippen LogP contribution in [0.2, 0.25) is 0 Å². The van der Waals surface area contributed by atoms with Gasteiger partial charge in [-0.25, -0.2) is 4.79 Å². The molecule has 1 aliphatic heterocycles. The van der Waals surface area contributed by atoms with Crippen LogP contribution in [0.5, 0.6) is 0 Å². The fourth-order valence-corrected chi connectivity index (χ4v) is 4.21. The van der Waals surface area contributed by atoms with Gasteiger partial charge < -0.3 is 19.1 Å². The minimum absolute atomic E-state index is 0.0582. The summed E-state index contributed by atoms with van der Waals surface area (Å²) < 4.78 is 10.6. The third kappa shape index (κ3) is 4.54. The molecule has 33 heavy (non-hydrogen) atoms. The number of benzene rings is 1. The van der Waals surface area contributed by atoms with Gasteiger partial charge in [-0.15, -0.1) is 0 Å². The number of aromatic amines is 1. The number of aryl methyl sites for hydroxylation is 1. The first kappa shape index (κ1) is 22.7. The number of carbonyl (C=O) groups excluding carboxylic acids is 2. The normalized spacial score (nSPS) is 15.5. The lowest BCUT2D eigenvalue weighted by molar-refractivity contribution is 0.0525. The summed E-state index contributed by atoms with van der Waals surface area (Å²) in [5.74, 6) is 0.614. The molecule has 0 bridgehead atoms. The lowest BCUT2D eigenvalue weighted by Crippen LogP contribution is -2.49. The maximum atomic E-state index is 13.2. The molecule has 9 heteroatoms. The van der Waals surface area contributed by atoms with Gasteiger partial charge in [0.25, 0.3) is 5.91 Å². The number of esters is 1. The first-order chi connectivity index (χ1) is 15.9. The van der Waals surface area contributed by atoms with Crippen molar-refractivity contribution in [3.05, 3.63) is 58.7 Å². The molecule has 0 saturated carbocycles. The standard InChI is InChI=1S/C24H29N5O4/c1-5-32-24(31)19-15(2)20(25-16(19)3)23(30)29-13-11-28(12-14-29)17(4)22-26-21(27-33-22)18-9-7-6-8-10-18/h6-10,17,25H,5,11-14H2,1-4H3. The molecule has 0 radical (unpaired) electrons. The first-order valence-electron chi connectivity index (χ1n) is 11.2. The largest absolute Gasteiger partial charge is 0.462 e. The van der Waals surface area contributed by atoms with E-state index in [9.17, 15) is 9.59 Å². The summed E-state index contributed by atoms with van der Waals surface area (Å²) in [4.78, 5) is 37.1. The average molecular weight is 452 g/mol. The maximum Gasteiger partial charge on any atom is 0.340 e. The van der Waals surface area contributed by atoms with E-state index >= 15 is 0 Å². The molecule has 0 spiro atoms. The van der Waals surface area contributed by atoms with Crippen LogP contribution in [0.25, 0.3) is 11.4 Å². The van der Waals surface area contributed by atoms with Crippen LogP contribution < -0.4 is 0 Å². The molecular formula is C24H29N5O4. The van der Waals surface area contributed by atoms with Crippen molar-refractivity contribution >= 4 is 11.9 Å². The number of nitrogens with zero attached hydrogens (tertiary/aromatic N) is 4. The first-order valence-corrected chi connectivity index (χ1v) is 11.2. The highest BCUT2D eigenvalue weighted by molar-refractivity contribution is 6.00. The molecule has 1 aromatic carbocycles. The van der Waals surface area contributed by atoms with Crippen LogP contribution in [0.1, 0.15) is 57.9 Å². The van der Waals surface area contributed by atoms with Gasteiger partial charge >= 0.3 is 5.97 Å². The van der Waals surface area contributed by atoms with Gasteiger partial charge in [-0.1, -0.05) is 35.5 Å². The van der Waals surface area contributed by atoms with Crippen molar-refractivity contribution in [2.45, 2.75) is 33.7 Å². The van der Waals surface area contributed by atoms with Crippen LogP contribution in [0.3, 0.4) is 0 Å². The minimum Gasteiger partial charge on any atom is -0.462 e. The van der Waals surface area contributed by atoms with Gasteiger partial charge in [-0.3, -0.25) is 9.69 Å². The van der Waals surface area contributed by atoms with Gasteiger partial charge in [0.05, 0.1) is 18.2 Å². The van der Waals surface area contributed by atoms with Crippen LogP contribution in [0, 0.1) is 13.8 Å². The summed E-state index contributed by atoms with van der Waals surface area (Å²) in [6.07, 6.45) is 0. The zero-order valence-electron chi connectivity index (χ0n) is 19.4. The Morgan fingerprint density at radius 2 is 1.85 bits per heavy atom. The molecule has 1 saturated heterocycles. The van der Waals surface area contributed by atoms with E-state index < -0.39 is 5.97 Å². The van der Waals surface area contributed by atoms with Crippen LogP contribution in [-0.2, 0) is 4.74 Å². The molecule has 174 valence electrons. The van der Waals surface area contributed by atoms with E-state index in [1.165, 1.54) is 0 Å². The van der Waals surface area contributed by atoms with Crippen molar-refractivity contribution in [1.82, 2.24) is 24.9 Å². The topological polar surface area (TPSA) is 105 Å². The summed E-state index contributed by atoms with van der Waals surface area (Å²) in [7, 11) is 0. The van der Waals surface area contributed by atoms with E-state index in [1.54, 1.807) is 25.7 Å². The molecule has 1 unspecified atom stereocenters. The number of piperazine rings is 1. The lowest BCUT2D eigenvalue weighted by atomic mass is 10.1. The third-order valence-electron chi connectivity index (χ3n) is 6.11. The third-order valence-corrected chi connectivity index (χ3v) is 6.11. The Morgan fingerprint density at radius 3 is 2.52 bits per heavy atom. The molecule has 3 aromatic rings. The van der Waals surface area contributed by atoms with Crippen LogP contribution in [-0.4, -0.2) is 69.6 Å². The van der Waals surface area contributed by atoms with E-state index in [0.717, 1.165) is 5.56 Å². The van der Waals surface area contributed by atoms with Gasteiger partial charge in [0.15, 0.2) is 0 Å². The van der Waals surface area contributed by atoms with Gasteiger partial charge in [0.1, 0.15) is 5.69 Å². The molecule has 1 N–H and O–H groups in total. The Labute approximate surface area is 192 Å². The van der Waals surface area contributed by atoms with Crippen molar-refractivity contribution in [2.24, 2.45) is 0 Å². The molecule has 3 heterocycles. The Morgan fingerprint density at radius 1 is 1.15 bits per heavy atom. The van der Waals surface area contributed by atoms with E-state index in [1.807, 2.05) is 37.3 Å². The number of rotatable bonds is 6. The van der Waals surface area contributed by atoms with Gasteiger partial charge in [0.2, 0.25) is 11.7 Å². The Kier molecular flexibility index (Phi) is 6.60. The molecule has 0 aliphatic carbocycles. The van der Waals surface area contributed by atoms with E-state index in [-0.39, 0.29) is 11.9 Å². The number of aromatic nitrogens is 3. The number of hydrogen-bond donors (Lipinski definition) is 1. The van der Waals surface area contributed by atoms with E-state index in [4.69, 9.17) is 9.26 Å². The smallest absolute Gasteiger partial charge is 0.340 e. The molecule has 1 fully saturated rings. The highest BCUT2D eigenvalue weighted by atomic mass is 16.5. The molecule has 1 atom stereocenters. The molecule has 9 nitrogen and oxygen atoms in total. The van der Waals surface area contributed by atoms with Crippen molar-refractivity contribution in [2.75, 3.05) is 32.8 Å². The summed E-state index contributed by atoms with van der Waals surface area (Å²) in [6.45, 7) is 10.1. The Balaban J connectivity index is 1.40. The number of nitrogens with one attached hydrogen (secondary N) is 1. The monoisotopic (exact) mass is 451 g/mol. The fraction of sp³-hybridized carbons (Fsp3) is 0.417. The quantitative estimate of drug-likeness (QED) is 0.573. The number of carbonyl (C=O) groups is 2. The van der Waals surface area contributed by atoms with E-state index in [0.29, 0.717) is 67.0 Å².